The van der Waals surface area contributed by atoms with Crippen LogP contribution in [0.15, 0.2) is 30.5 Å². The highest BCUT2D eigenvalue weighted by Crippen LogP contribution is 2.14. The van der Waals surface area contributed by atoms with E-state index in [2.05, 4.69) is 29.1 Å². The van der Waals surface area contributed by atoms with Gasteiger partial charge in [0.25, 0.3) is 0 Å². The molecular formula is C16H20ClN3O. The quantitative estimate of drug-likeness (QED) is 0.887. The Morgan fingerprint density at radius 1 is 1.33 bits per heavy atom. The van der Waals surface area contributed by atoms with Crippen molar-refractivity contribution in [1.29, 1.82) is 0 Å². The average molecular weight is 306 g/mol. The summed E-state index contributed by atoms with van der Waals surface area (Å²) in [5, 5.41) is 4.05. The van der Waals surface area contributed by atoms with Gasteiger partial charge in [0.05, 0.1) is 0 Å². The second-order valence-corrected chi connectivity index (χ2v) is 5.65. The molecule has 0 saturated carbocycles. The van der Waals surface area contributed by atoms with E-state index < -0.39 is 0 Å². The lowest BCUT2D eigenvalue weighted by molar-refractivity contribution is 0.279. The molecule has 0 atom stereocenters. The van der Waals surface area contributed by atoms with Gasteiger partial charge in [-0.2, -0.15) is 0 Å². The van der Waals surface area contributed by atoms with Crippen molar-refractivity contribution in [3.63, 3.8) is 0 Å². The third-order valence-electron chi connectivity index (χ3n) is 3.02. The van der Waals surface area contributed by atoms with Crippen molar-refractivity contribution in [2.75, 3.05) is 0 Å². The molecule has 0 radical (unpaired) electrons. The zero-order chi connectivity index (χ0) is 15.2. The molecule has 0 bridgehead atoms. The Hall–Kier alpha value is -1.65. The van der Waals surface area contributed by atoms with Gasteiger partial charge < -0.3 is 10.1 Å². The largest absolute Gasteiger partial charge is 0.459 e. The fourth-order valence-corrected chi connectivity index (χ4v) is 2.02. The van der Waals surface area contributed by atoms with Gasteiger partial charge in [-0.1, -0.05) is 37.6 Å². The van der Waals surface area contributed by atoms with Crippen LogP contribution in [-0.2, 0) is 13.2 Å². The zero-order valence-electron chi connectivity index (χ0n) is 12.6. The molecule has 0 aliphatic carbocycles. The zero-order valence-corrected chi connectivity index (χ0v) is 13.3. The summed E-state index contributed by atoms with van der Waals surface area (Å²) in [7, 11) is 0. The highest BCUT2D eigenvalue weighted by atomic mass is 35.5. The Kier molecular flexibility index (Phi) is 5.53. The first kappa shape index (κ1) is 15.7. The molecule has 2 aromatic rings. The summed E-state index contributed by atoms with van der Waals surface area (Å²) in [6.07, 6.45) is 1.81. The number of benzene rings is 1. The predicted octanol–water partition coefficient (Wildman–Crippen LogP) is 3.52. The molecule has 0 unspecified atom stereocenters. The predicted molar refractivity (Wildman–Crippen MR) is 84.5 cm³/mol. The summed E-state index contributed by atoms with van der Waals surface area (Å²) < 4.78 is 5.61. The van der Waals surface area contributed by atoms with Gasteiger partial charge in [-0.05, 0) is 24.6 Å². The van der Waals surface area contributed by atoms with Gasteiger partial charge in [0.2, 0.25) is 0 Å². The Balaban J connectivity index is 1.97. The van der Waals surface area contributed by atoms with Crippen LogP contribution in [0.25, 0.3) is 0 Å². The highest BCUT2D eigenvalue weighted by Gasteiger charge is 2.05. The molecule has 0 aliphatic rings. The molecule has 1 heterocycles. The van der Waals surface area contributed by atoms with Crippen LogP contribution in [-0.4, -0.2) is 16.0 Å². The lowest BCUT2D eigenvalue weighted by Crippen LogP contribution is -2.22. The van der Waals surface area contributed by atoms with Gasteiger partial charge in [0.1, 0.15) is 6.61 Å². The van der Waals surface area contributed by atoms with E-state index in [1.54, 1.807) is 0 Å². The molecular weight excluding hydrogens is 286 g/mol. The normalized spacial score (nSPS) is 10.9. The second-order valence-electron chi connectivity index (χ2n) is 5.22. The average Bonchev–Trinajstić information content (AvgIpc) is 2.44. The minimum atomic E-state index is 0.390. The molecule has 0 aliphatic heterocycles. The SMILES string of the molecule is Cc1nc(OCc2cccc(Cl)c2)ncc1CNC(C)C. The molecule has 0 amide bonds. The highest BCUT2D eigenvalue weighted by molar-refractivity contribution is 6.30. The van der Waals surface area contributed by atoms with Crippen LogP contribution in [0.2, 0.25) is 5.02 Å². The van der Waals surface area contributed by atoms with Crippen molar-refractivity contribution in [2.45, 2.75) is 40.0 Å². The van der Waals surface area contributed by atoms with E-state index in [0.29, 0.717) is 23.7 Å². The Labute approximate surface area is 130 Å². The van der Waals surface area contributed by atoms with Crippen molar-refractivity contribution in [1.82, 2.24) is 15.3 Å². The maximum absolute atomic E-state index is 5.94. The molecule has 1 aromatic carbocycles. The summed E-state index contributed by atoms with van der Waals surface area (Å²) in [5.74, 6) is 0. The molecule has 0 saturated heterocycles. The van der Waals surface area contributed by atoms with E-state index in [-0.39, 0.29) is 0 Å². The van der Waals surface area contributed by atoms with E-state index in [1.165, 1.54) is 0 Å². The minimum absolute atomic E-state index is 0.390. The maximum Gasteiger partial charge on any atom is 0.316 e. The molecule has 112 valence electrons. The monoisotopic (exact) mass is 305 g/mol. The lowest BCUT2D eigenvalue weighted by atomic mass is 10.2. The van der Waals surface area contributed by atoms with E-state index in [4.69, 9.17) is 16.3 Å². The third kappa shape index (κ3) is 4.99. The molecule has 0 spiro atoms. The Morgan fingerprint density at radius 3 is 2.81 bits per heavy atom. The molecule has 2 rings (SSSR count). The number of hydrogen-bond donors (Lipinski definition) is 1. The molecule has 0 fully saturated rings. The van der Waals surface area contributed by atoms with Crippen LogP contribution in [0.4, 0.5) is 0 Å². The first-order valence-corrected chi connectivity index (χ1v) is 7.35. The first-order chi connectivity index (χ1) is 10.0. The maximum atomic E-state index is 5.94. The summed E-state index contributed by atoms with van der Waals surface area (Å²) in [6.45, 7) is 7.35. The van der Waals surface area contributed by atoms with Gasteiger partial charge >= 0.3 is 6.01 Å². The van der Waals surface area contributed by atoms with Gasteiger partial charge in [0.15, 0.2) is 0 Å². The van der Waals surface area contributed by atoms with Crippen molar-refractivity contribution in [2.24, 2.45) is 0 Å². The summed E-state index contributed by atoms with van der Waals surface area (Å²) in [6, 6.07) is 8.38. The van der Waals surface area contributed by atoms with Crippen molar-refractivity contribution < 1.29 is 4.74 Å². The van der Waals surface area contributed by atoms with Gasteiger partial charge in [-0.15, -0.1) is 0 Å². The lowest BCUT2D eigenvalue weighted by Gasteiger charge is -2.11. The van der Waals surface area contributed by atoms with Crippen LogP contribution in [0.5, 0.6) is 6.01 Å². The van der Waals surface area contributed by atoms with Crippen LogP contribution in [0.1, 0.15) is 30.7 Å². The fraction of sp³-hybridized carbons (Fsp3) is 0.375. The number of hydrogen-bond acceptors (Lipinski definition) is 4. The summed E-state index contributed by atoms with van der Waals surface area (Å²) in [4.78, 5) is 8.63. The van der Waals surface area contributed by atoms with E-state index in [9.17, 15) is 0 Å². The molecule has 4 nitrogen and oxygen atoms in total. The Bertz CT molecular complexity index is 602. The minimum Gasteiger partial charge on any atom is -0.459 e. The number of aryl methyl sites for hydroxylation is 1. The van der Waals surface area contributed by atoms with Crippen molar-refractivity contribution in [3.05, 3.63) is 52.3 Å². The number of nitrogens with one attached hydrogen (secondary N) is 1. The first-order valence-electron chi connectivity index (χ1n) is 6.97. The van der Waals surface area contributed by atoms with Crippen LogP contribution in [0, 0.1) is 6.92 Å². The third-order valence-corrected chi connectivity index (χ3v) is 3.25. The van der Waals surface area contributed by atoms with E-state index in [1.807, 2.05) is 37.4 Å². The van der Waals surface area contributed by atoms with E-state index in [0.717, 1.165) is 23.4 Å². The topological polar surface area (TPSA) is 47.0 Å². The molecule has 5 heteroatoms. The van der Waals surface area contributed by atoms with Crippen LogP contribution >= 0.6 is 11.6 Å². The van der Waals surface area contributed by atoms with Gasteiger partial charge in [-0.25, -0.2) is 9.97 Å². The number of aromatic nitrogens is 2. The summed E-state index contributed by atoms with van der Waals surface area (Å²) >= 11 is 5.94. The smallest absolute Gasteiger partial charge is 0.316 e. The fourth-order valence-electron chi connectivity index (χ4n) is 1.80. The molecule has 21 heavy (non-hydrogen) atoms. The van der Waals surface area contributed by atoms with Crippen molar-refractivity contribution in [3.8, 4) is 6.01 Å². The molecule has 1 aromatic heterocycles. The number of nitrogens with zero attached hydrogens (tertiary/aromatic N) is 2. The van der Waals surface area contributed by atoms with Crippen molar-refractivity contribution >= 4 is 11.6 Å². The number of rotatable bonds is 6. The second kappa shape index (κ2) is 7.38. The Morgan fingerprint density at radius 2 is 2.14 bits per heavy atom. The van der Waals surface area contributed by atoms with Crippen LogP contribution in [0.3, 0.4) is 0 Å². The van der Waals surface area contributed by atoms with Gasteiger partial charge in [0, 0.05) is 35.1 Å². The number of ether oxygens (including phenoxy) is 1. The molecule has 1 N–H and O–H groups in total. The standard InChI is InChI=1S/C16H20ClN3O/c1-11(2)18-8-14-9-19-16(20-12(14)3)21-10-13-5-4-6-15(17)7-13/h4-7,9,11,18H,8,10H2,1-3H3. The van der Waals surface area contributed by atoms with E-state index >= 15 is 0 Å². The van der Waals surface area contributed by atoms with Gasteiger partial charge in [-0.3, -0.25) is 0 Å². The number of halogens is 1. The summed E-state index contributed by atoms with van der Waals surface area (Å²) in [5.41, 5.74) is 3.01. The van der Waals surface area contributed by atoms with Crippen LogP contribution < -0.4 is 10.1 Å².